The van der Waals surface area contributed by atoms with Gasteiger partial charge in [0.1, 0.15) is 5.75 Å². The van der Waals surface area contributed by atoms with Crippen molar-refractivity contribution in [1.29, 1.82) is 0 Å². The van der Waals surface area contributed by atoms with Crippen LogP contribution in [0.2, 0.25) is 0 Å². The summed E-state index contributed by atoms with van der Waals surface area (Å²) in [6, 6.07) is 19.7. The second-order valence-corrected chi connectivity index (χ2v) is 8.29. The molecule has 2 heterocycles. The molecular weight excluding hydrogens is 332 g/mol. The van der Waals surface area contributed by atoms with E-state index in [4.69, 9.17) is 4.74 Å². The Bertz CT molecular complexity index is 938. The molecule has 0 radical (unpaired) electrons. The molecule has 0 N–H and O–H groups in total. The van der Waals surface area contributed by atoms with Gasteiger partial charge >= 0.3 is 0 Å². The largest absolute Gasteiger partial charge is 0.493 e. The third-order valence-electron chi connectivity index (χ3n) is 6.36. The highest BCUT2D eigenvalue weighted by Crippen LogP contribution is 2.52. The van der Waals surface area contributed by atoms with Gasteiger partial charge in [-0.15, -0.1) is 0 Å². The first-order valence-electron chi connectivity index (χ1n) is 10.0. The minimum Gasteiger partial charge on any atom is -0.493 e. The van der Waals surface area contributed by atoms with Crippen molar-refractivity contribution in [3.8, 4) is 16.9 Å². The van der Waals surface area contributed by atoms with E-state index in [2.05, 4.69) is 72.3 Å². The van der Waals surface area contributed by atoms with Crippen molar-refractivity contribution in [1.82, 2.24) is 9.88 Å². The summed E-state index contributed by atoms with van der Waals surface area (Å²) in [6.07, 6.45) is 1.84. The predicted octanol–water partition coefficient (Wildman–Crippen LogP) is 4.87. The molecule has 1 aromatic heterocycles. The summed E-state index contributed by atoms with van der Waals surface area (Å²) < 4.78 is 6.09. The Morgan fingerprint density at radius 1 is 1.00 bits per heavy atom. The van der Waals surface area contributed by atoms with Crippen LogP contribution in [0.5, 0.6) is 5.75 Å². The number of aromatic nitrogens is 1. The van der Waals surface area contributed by atoms with Gasteiger partial charge in [-0.2, -0.15) is 0 Å². The molecule has 0 amide bonds. The second kappa shape index (κ2) is 6.65. The van der Waals surface area contributed by atoms with E-state index in [1.165, 1.54) is 29.6 Å². The average Bonchev–Trinajstić information content (AvgIpc) is 3.14. The number of benzene rings is 2. The quantitative estimate of drug-likeness (QED) is 0.651. The number of piperidine rings is 1. The summed E-state index contributed by atoms with van der Waals surface area (Å²) >= 11 is 0. The molecule has 2 aliphatic rings. The van der Waals surface area contributed by atoms with E-state index in [0.29, 0.717) is 6.04 Å². The van der Waals surface area contributed by atoms with Crippen molar-refractivity contribution in [2.45, 2.75) is 19.9 Å². The maximum atomic E-state index is 6.09. The van der Waals surface area contributed by atoms with E-state index in [-0.39, 0.29) is 0 Å². The van der Waals surface area contributed by atoms with E-state index >= 15 is 0 Å². The number of nitrogens with zero attached hydrogens (tertiary/aromatic N) is 2. The van der Waals surface area contributed by atoms with Crippen molar-refractivity contribution in [3.05, 3.63) is 60.8 Å². The van der Waals surface area contributed by atoms with E-state index in [1.54, 1.807) is 0 Å². The van der Waals surface area contributed by atoms with Gasteiger partial charge in [0, 0.05) is 36.6 Å². The van der Waals surface area contributed by atoms with Crippen molar-refractivity contribution in [2.24, 2.45) is 17.8 Å². The molecular formula is C24H26N2O. The van der Waals surface area contributed by atoms with Crippen LogP contribution in [-0.4, -0.2) is 35.6 Å². The fourth-order valence-corrected chi connectivity index (χ4v) is 4.54. The molecule has 3 aromatic rings. The van der Waals surface area contributed by atoms with Gasteiger partial charge in [0.15, 0.2) is 0 Å². The van der Waals surface area contributed by atoms with Crippen molar-refractivity contribution >= 4 is 10.9 Å². The van der Waals surface area contributed by atoms with E-state index in [1.807, 2.05) is 12.3 Å². The number of rotatable bonds is 5. The first-order chi connectivity index (χ1) is 13.2. The molecule has 3 heteroatoms. The number of ether oxygens (including phenoxy) is 1. The van der Waals surface area contributed by atoms with Crippen LogP contribution >= 0.6 is 0 Å². The van der Waals surface area contributed by atoms with Gasteiger partial charge < -0.3 is 9.64 Å². The monoisotopic (exact) mass is 358 g/mol. The van der Waals surface area contributed by atoms with Gasteiger partial charge in [0.05, 0.1) is 12.1 Å². The lowest BCUT2D eigenvalue weighted by Gasteiger charge is -2.23. The zero-order chi connectivity index (χ0) is 18.4. The third-order valence-corrected chi connectivity index (χ3v) is 6.36. The lowest BCUT2D eigenvalue weighted by Crippen LogP contribution is -2.31. The highest BCUT2D eigenvalue weighted by molar-refractivity contribution is 5.84. The summed E-state index contributed by atoms with van der Waals surface area (Å²) in [5.74, 6) is 3.45. The predicted molar refractivity (Wildman–Crippen MR) is 110 cm³/mol. The molecule has 1 aliphatic heterocycles. The van der Waals surface area contributed by atoms with Crippen molar-refractivity contribution in [2.75, 3.05) is 19.7 Å². The lowest BCUT2D eigenvalue weighted by molar-refractivity contribution is 0.206. The molecule has 27 heavy (non-hydrogen) atoms. The van der Waals surface area contributed by atoms with Gasteiger partial charge in [0.25, 0.3) is 0 Å². The number of likely N-dealkylation sites (tertiary alicyclic amines) is 1. The zero-order valence-corrected chi connectivity index (χ0v) is 16.0. The Balaban J connectivity index is 1.21. The molecule has 1 saturated heterocycles. The number of pyridine rings is 1. The maximum Gasteiger partial charge on any atom is 0.119 e. The van der Waals surface area contributed by atoms with Crippen LogP contribution in [-0.2, 0) is 0 Å². The Morgan fingerprint density at radius 2 is 1.74 bits per heavy atom. The first-order valence-corrected chi connectivity index (χ1v) is 10.0. The third kappa shape index (κ3) is 3.21. The van der Waals surface area contributed by atoms with Crippen LogP contribution in [0.1, 0.15) is 13.8 Å². The topological polar surface area (TPSA) is 25.4 Å². The first kappa shape index (κ1) is 16.8. The molecule has 1 unspecified atom stereocenters. The van der Waals surface area contributed by atoms with Crippen LogP contribution in [0.25, 0.3) is 22.0 Å². The van der Waals surface area contributed by atoms with Gasteiger partial charge in [-0.25, -0.2) is 0 Å². The average molecular weight is 358 g/mol. The SMILES string of the molecule is CC(C)N1C[C@@H]2C(COc3ccc(-c4ccc5ncccc5c4)cc3)[C@@H]2C1. The van der Waals surface area contributed by atoms with Crippen LogP contribution in [0.4, 0.5) is 0 Å². The Morgan fingerprint density at radius 3 is 2.48 bits per heavy atom. The zero-order valence-electron chi connectivity index (χ0n) is 16.0. The maximum absolute atomic E-state index is 6.09. The Kier molecular flexibility index (Phi) is 4.13. The van der Waals surface area contributed by atoms with Crippen LogP contribution in [0, 0.1) is 17.8 Å². The minimum atomic E-state index is 0.679. The molecule has 1 aliphatic carbocycles. The fourth-order valence-electron chi connectivity index (χ4n) is 4.54. The highest BCUT2D eigenvalue weighted by Gasteiger charge is 2.56. The molecule has 5 rings (SSSR count). The van der Waals surface area contributed by atoms with Gasteiger partial charge in [-0.3, -0.25) is 4.98 Å². The number of hydrogen-bond acceptors (Lipinski definition) is 3. The summed E-state index contributed by atoms with van der Waals surface area (Å²) in [7, 11) is 0. The molecule has 3 atom stereocenters. The van der Waals surface area contributed by atoms with Crippen molar-refractivity contribution in [3.63, 3.8) is 0 Å². The van der Waals surface area contributed by atoms with Gasteiger partial charge in [-0.05, 0) is 67.1 Å². The lowest BCUT2D eigenvalue weighted by atomic mass is 10.0. The smallest absolute Gasteiger partial charge is 0.119 e. The molecule has 138 valence electrons. The highest BCUT2D eigenvalue weighted by atomic mass is 16.5. The summed E-state index contributed by atoms with van der Waals surface area (Å²) in [6.45, 7) is 7.97. The Labute approximate surface area is 161 Å². The normalized spacial score (nSPS) is 24.3. The Hall–Kier alpha value is -2.39. The summed E-state index contributed by atoms with van der Waals surface area (Å²) in [5, 5.41) is 1.17. The molecule has 2 aromatic carbocycles. The summed E-state index contributed by atoms with van der Waals surface area (Å²) in [5.41, 5.74) is 3.46. The molecule has 2 fully saturated rings. The molecule has 1 saturated carbocycles. The van der Waals surface area contributed by atoms with Gasteiger partial charge in [-0.1, -0.05) is 24.3 Å². The summed E-state index contributed by atoms with van der Waals surface area (Å²) in [4.78, 5) is 6.99. The van der Waals surface area contributed by atoms with Crippen LogP contribution in [0.15, 0.2) is 60.8 Å². The number of hydrogen-bond donors (Lipinski definition) is 0. The van der Waals surface area contributed by atoms with E-state index in [9.17, 15) is 0 Å². The van der Waals surface area contributed by atoms with Crippen LogP contribution < -0.4 is 4.74 Å². The fraction of sp³-hybridized carbons (Fsp3) is 0.375. The molecule has 0 spiro atoms. The van der Waals surface area contributed by atoms with E-state index < -0.39 is 0 Å². The minimum absolute atomic E-state index is 0.679. The number of fused-ring (bicyclic) bond motifs is 2. The van der Waals surface area contributed by atoms with E-state index in [0.717, 1.165) is 35.6 Å². The standard InChI is InChI=1S/C24H26N2O/c1-16(2)26-13-21-22(14-26)23(21)15-27-20-8-5-17(6-9-20)18-7-10-24-19(12-18)4-3-11-25-24/h3-12,16,21-23H,13-15H2,1-2H3/t21-,22+,23?. The van der Waals surface area contributed by atoms with Crippen molar-refractivity contribution < 1.29 is 4.74 Å². The van der Waals surface area contributed by atoms with Gasteiger partial charge in [0.2, 0.25) is 0 Å². The second-order valence-electron chi connectivity index (χ2n) is 8.29. The molecule has 0 bridgehead atoms. The molecule has 3 nitrogen and oxygen atoms in total. The van der Waals surface area contributed by atoms with Crippen LogP contribution in [0.3, 0.4) is 0 Å².